The molecule has 0 bridgehead atoms. The molecule has 2 unspecified atom stereocenters. The van der Waals surface area contributed by atoms with Gasteiger partial charge in [-0.25, -0.2) is 4.39 Å². The van der Waals surface area contributed by atoms with E-state index in [0.29, 0.717) is 10.9 Å². The minimum Gasteiger partial charge on any atom is -0.378 e. The van der Waals surface area contributed by atoms with E-state index in [-0.39, 0.29) is 0 Å². The van der Waals surface area contributed by atoms with Crippen molar-refractivity contribution in [2.45, 2.75) is 5.78 Å². The highest BCUT2D eigenvalue weighted by molar-refractivity contribution is 7.67. The van der Waals surface area contributed by atoms with Crippen LogP contribution in [0.3, 0.4) is 0 Å². The zero-order valence-corrected chi connectivity index (χ0v) is 17.1. The summed E-state index contributed by atoms with van der Waals surface area (Å²) in [4.78, 5) is 1.96. The summed E-state index contributed by atoms with van der Waals surface area (Å²) in [6.45, 7) is 0. The van der Waals surface area contributed by atoms with Gasteiger partial charge in [-0.3, -0.25) is 4.57 Å². The van der Waals surface area contributed by atoms with Gasteiger partial charge in [0.15, 0.2) is 0 Å². The molecule has 0 saturated carbocycles. The maximum Gasteiger partial charge on any atom is 0.257 e. The third kappa shape index (κ3) is 4.11. The Morgan fingerprint density at radius 1 is 0.929 bits per heavy atom. The highest BCUT2D eigenvalue weighted by atomic mass is 31.2. The first-order valence-corrected chi connectivity index (χ1v) is 10.6. The quantitative estimate of drug-likeness (QED) is 0.552. The predicted octanol–water partition coefficient (Wildman–Crippen LogP) is 5.25. The normalized spacial score (nSPS) is 14.1. The summed E-state index contributed by atoms with van der Waals surface area (Å²) in [6.07, 6.45) is 0. The van der Waals surface area contributed by atoms with Crippen molar-refractivity contribution in [3.63, 3.8) is 0 Å². The Morgan fingerprint density at radius 3 is 2.11 bits per heavy atom. The van der Waals surface area contributed by atoms with Gasteiger partial charge in [0.05, 0.1) is 0 Å². The maximum absolute atomic E-state index is 14.7. The van der Waals surface area contributed by atoms with Gasteiger partial charge in [0.2, 0.25) is 0 Å². The summed E-state index contributed by atoms with van der Waals surface area (Å²) in [5.41, 5.74) is 2.01. The van der Waals surface area contributed by atoms with E-state index in [9.17, 15) is 8.96 Å². The standard InChI is InChI=1S/C22H24FN2O2P/c1-25(2)18-13-15-19(16-14-18)28(26,27-3)22(20-11-7-8-12-21(20)23)24-17-9-5-4-6-10-17/h4-16,22,24H,1-3H3. The van der Waals surface area contributed by atoms with Gasteiger partial charge in [-0.2, -0.15) is 0 Å². The van der Waals surface area contributed by atoms with E-state index in [4.69, 9.17) is 4.52 Å². The lowest BCUT2D eigenvalue weighted by Gasteiger charge is -2.29. The molecule has 3 aromatic rings. The van der Waals surface area contributed by atoms with Gasteiger partial charge in [-0.15, -0.1) is 0 Å². The fraction of sp³-hybridized carbons (Fsp3) is 0.182. The first kappa shape index (κ1) is 20.1. The Bertz CT molecular complexity index is 962. The minimum absolute atomic E-state index is 0.299. The first-order valence-electron chi connectivity index (χ1n) is 8.95. The Balaban J connectivity index is 2.10. The van der Waals surface area contributed by atoms with Crippen LogP contribution in [0.25, 0.3) is 0 Å². The van der Waals surface area contributed by atoms with Crippen molar-refractivity contribution in [1.82, 2.24) is 0 Å². The summed E-state index contributed by atoms with van der Waals surface area (Å²) >= 11 is 0. The monoisotopic (exact) mass is 398 g/mol. The van der Waals surface area contributed by atoms with Crippen LogP contribution in [-0.2, 0) is 9.09 Å². The number of halogens is 1. The molecule has 0 aliphatic rings. The van der Waals surface area contributed by atoms with Crippen LogP contribution in [0, 0.1) is 5.82 Å². The number of nitrogens with one attached hydrogen (secondary N) is 1. The van der Waals surface area contributed by atoms with Crippen molar-refractivity contribution < 1.29 is 13.5 Å². The number of anilines is 2. The van der Waals surface area contributed by atoms with Crippen LogP contribution in [0.15, 0.2) is 78.9 Å². The van der Waals surface area contributed by atoms with E-state index in [0.717, 1.165) is 11.4 Å². The van der Waals surface area contributed by atoms with Gasteiger partial charge < -0.3 is 14.7 Å². The molecular weight excluding hydrogens is 374 g/mol. The molecule has 6 heteroatoms. The summed E-state index contributed by atoms with van der Waals surface area (Å²) in [7, 11) is 1.78. The molecule has 0 aromatic heterocycles. The lowest BCUT2D eigenvalue weighted by atomic mass is 10.2. The van der Waals surface area contributed by atoms with Gasteiger partial charge in [0.25, 0.3) is 7.37 Å². The van der Waals surface area contributed by atoms with Crippen molar-refractivity contribution >= 4 is 24.0 Å². The molecule has 0 amide bonds. The number of hydrogen-bond acceptors (Lipinski definition) is 4. The van der Waals surface area contributed by atoms with Crippen molar-refractivity contribution in [2.75, 3.05) is 31.4 Å². The Hall–Kier alpha value is -2.62. The average Bonchev–Trinajstić information content (AvgIpc) is 2.73. The van der Waals surface area contributed by atoms with E-state index in [1.54, 1.807) is 30.3 Å². The second-order valence-electron chi connectivity index (χ2n) is 6.62. The fourth-order valence-corrected chi connectivity index (χ4v) is 5.23. The lowest BCUT2D eigenvalue weighted by Crippen LogP contribution is -2.21. The molecular formula is C22H24FN2O2P. The molecule has 0 saturated heterocycles. The average molecular weight is 398 g/mol. The molecule has 0 heterocycles. The smallest absolute Gasteiger partial charge is 0.257 e. The molecule has 4 nitrogen and oxygen atoms in total. The third-order valence-corrected chi connectivity index (χ3v) is 7.26. The number of rotatable bonds is 7. The van der Waals surface area contributed by atoms with E-state index >= 15 is 0 Å². The molecule has 2 atom stereocenters. The van der Waals surface area contributed by atoms with Crippen LogP contribution in [0.4, 0.5) is 15.8 Å². The first-order chi connectivity index (χ1) is 13.5. The van der Waals surface area contributed by atoms with Crippen molar-refractivity contribution in [2.24, 2.45) is 0 Å². The molecule has 1 N–H and O–H groups in total. The van der Waals surface area contributed by atoms with E-state index in [1.165, 1.54) is 13.2 Å². The van der Waals surface area contributed by atoms with E-state index in [2.05, 4.69) is 5.32 Å². The Labute approximate surface area is 165 Å². The molecule has 0 aliphatic carbocycles. The van der Waals surface area contributed by atoms with E-state index in [1.807, 2.05) is 61.5 Å². The van der Waals surface area contributed by atoms with Crippen LogP contribution < -0.4 is 15.5 Å². The number of nitrogens with zero attached hydrogens (tertiary/aromatic N) is 1. The zero-order chi connectivity index (χ0) is 20.1. The third-order valence-electron chi connectivity index (χ3n) is 4.61. The molecule has 0 radical (unpaired) electrons. The molecule has 28 heavy (non-hydrogen) atoms. The molecule has 3 aromatic carbocycles. The molecule has 0 aliphatic heterocycles. The van der Waals surface area contributed by atoms with Crippen molar-refractivity contribution in [3.05, 3.63) is 90.2 Å². The van der Waals surface area contributed by atoms with Crippen LogP contribution in [0.5, 0.6) is 0 Å². The highest BCUT2D eigenvalue weighted by Crippen LogP contribution is 2.58. The van der Waals surface area contributed by atoms with Gasteiger partial charge in [-0.1, -0.05) is 36.4 Å². The van der Waals surface area contributed by atoms with Crippen molar-refractivity contribution in [3.8, 4) is 0 Å². The molecule has 146 valence electrons. The SMILES string of the molecule is COP(=O)(c1ccc(N(C)C)cc1)C(Nc1ccccc1)c1ccccc1F. The molecule has 3 rings (SSSR count). The maximum atomic E-state index is 14.7. The summed E-state index contributed by atoms with van der Waals surface area (Å²) in [5.74, 6) is -1.30. The van der Waals surface area contributed by atoms with Crippen LogP contribution in [0.2, 0.25) is 0 Å². The summed E-state index contributed by atoms with van der Waals surface area (Å²) in [6, 6.07) is 23.0. The van der Waals surface area contributed by atoms with E-state index < -0.39 is 19.0 Å². The number of para-hydroxylation sites is 1. The predicted molar refractivity (Wildman–Crippen MR) is 114 cm³/mol. The highest BCUT2D eigenvalue weighted by Gasteiger charge is 2.38. The van der Waals surface area contributed by atoms with Crippen LogP contribution >= 0.6 is 7.37 Å². The lowest BCUT2D eigenvalue weighted by molar-refractivity contribution is 0.395. The second-order valence-corrected chi connectivity index (χ2v) is 9.22. The number of hydrogen-bond donors (Lipinski definition) is 1. The van der Waals surface area contributed by atoms with Gasteiger partial charge in [-0.05, 0) is 42.5 Å². The van der Waals surface area contributed by atoms with Crippen LogP contribution in [-0.4, -0.2) is 21.2 Å². The van der Waals surface area contributed by atoms with Gasteiger partial charge >= 0.3 is 0 Å². The zero-order valence-electron chi connectivity index (χ0n) is 16.2. The minimum atomic E-state index is -3.50. The largest absolute Gasteiger partial charge is 0.378 e. The molecule has 0 fully saturated rings. The summed E-state index contributed by atoms with van der Waals surface area (Å²) < 4.78 is 34.3. The molecule has 0 spiro atoms. The Morgan fingerprint density at radius 2 is 1.54 bits per heavy atom. The summed E-state index contributed by atoms with van der Waals surface area (Å²) in [5, 5.41) is 3.75. The Kier molecular flexibility index (Phi) is 6.18. The van der Waals surface area contributed by atoms with Gasteiger partial charge in [0.1, 0.15) is 11.6 Å². The van der Waals surface area contributed by atoms with Crippen molar-refractivity contribution in [1.29, 1.82) is 0 Å². The van der Waals surface area contributed by atoms with Crippen LogP contribution in [0.1, 0.15) is 11.3 Å². The fourth-order valence-electron chi connectivity index (χ4n) is 3.05. The second kappa shape index (κ2) is 8.59. The number of benzene rings is 3. The van der Waals surface area contributed by atoms with Gasteiger partial charge in [0, 0.05) is 43.4 Å². The topological polar surface area (TPSA) is 41.6 Å².